The van der Waals surface area contributed by atoms with Crippen LogP contribution in [0.25, 0.3) is 11.1 Å². The van der Waals surface area contributed by atoms with Crippen LogP contribution in [-0.2, 0) is 25.6 Å². The van der Waals surface area contributed by atoms with Crippen LogP contribution >= 0.6 is 0 Å². The third kappa shape index (κ3) is 3.65. The fourth-order valence-corrected chi connectivity index (χ4v) is 8.40. The third-order valence-electron chi connectivity index (χ3n) is 9.93. The van der Waals surface area contributed by atoms with Crippen molar-refractivity contribution < 1.29 is 43.7 Å². The Hall–Kier alpha value is -3.98. The Morgan fingerprint density at radius 2 is 1.74 bits per heavy atom. The number of phenolic OH excluding ortho intramolecular Hbond substituents is 1. The van der Waals surface area contributed by atoms with Gasteiger partial charge < -0.3 is 14.9 Å². The van der Waals surface area contributed by atoms with Gasteiger partial charge in [0.2, 0.25) is 0 Å². The van der Waals surface area contributed by atoms with E-state index in [9.17, 15) is 39.0 Å². The van der Waals surface area contributed by atoms with Crippen LogP contribution in [0.5, 0.6) is 11.5 Å². The SMILES string of the molecule is COc1ccc(-c2ccc(O)c3c2C[C@]2(C)C[C@]4(C)C(C(C)C)C(=O)C(C(C)=O)C(=O)[C@]4(O)C(=O)C2C3=O)cc1C=O. The maximum atomic E-state index is 14.4. The molecule has 0 radical (unpaired) electrons. The van der Waals surface area contributed by atoms with Crippen molar-refractivity contribution in [3.63, 3.8) is 0 Å². The first-order chi connectivity index (χ1) is 19.6. The summed E-state index contributed by atoms with van der Waals surface area (Å²) in [5.41, 5.74) is -3.70. The maximum Gasteiger partial charge on any atom is 0.190 e. The van der Waals surface area contributed by atoms with E-state index in [2.05, 4.69) is 0 Å². The molecule has 3 aliphatic carbocycles. The van der Waals surface area contributed by atoms with Crippen molar-refractivity contribution in [3.8, 4) is 22.6 Å². The second-order valence-corrected chi connectivity index (χ2v) is 12.9. The normalized spacial score (nSPS) is 32.2. The lowest BCUT2D eigenvalue weighted by molar-refractivity contribution is -0.205. The molecular formula is C33H34O9. The lowest BCUT2D eigenvalue weighted by atomic mass is 9.40. The number of methoxy groups -OCH3 is 1. The average Bonchev–Trinajstić information content (AvgIpc) is 2.90. The molecule has 5 rings (SSSR count). The van der Waals surface area contributed by atoms with Gasteiger partial charge in [0.05, 0.1) is 24.2 Å². The highest BCUT2D eigenvalue weighted by molar-refractivity contribution is 6.32. The second-order valence-electron chi connectivity index (χ2n) is 12.9. The minimum Gasteiger partial charge on any atom is -0.507 e. The zero-order valence-electron chi connectivity index (χ0n) is 24.4. The molecule has 220 valence electrons. The summed E-state index contributed by atoms with van der Waals surface area (Å²) in [6.45, 7) is 7.82. The molecule has 9 nitrogen and oxygen atoms in total. The zero-order valence-corrected chi connectivity index (χ0v) is 24.4. The molecule has 3 unspecified atom stereocenters. The van der Waals surface area contributed by atoms with E-state index in [0.29, 0.717) is 28.7 Å². The highest BCUT2D eigenvalue weighted by Gasteiger charge is 2.76. The first-order valence-corrected chi connectivity index (χ1v) is 14.0. The zero-order chi connectivity index (χ0) is 31.1. The average molecular weight is 575 g/mol. The molecular weight excluding hydrogens is 540 g/mol. The van der Waals surface area contributed by atoms with Gasteiger partial charge in [-0.15, -0.1) is 0 Å². The molecule has 6 atom stereocenters. The Kier molecular flexibility index (Phi) is 6.69. The van der Waals surface area contributed by atoms with Crippen LogP contribution in [0.15, 0.2) is 30.3 Å². The highest BCUT2D eigenvalue weighted by Crippen LogP contribution is 2.64. The van der Waals surface area contributed by atoms with Crippen molar-refractivity contribution in [2.75, 3.05) is 7.11 Å². The number of benzene rings is 2. The largest absolute Gasteiger partial charge is 0.507 e. The number of ether oxygens (including phenoxy) is 1. The van der Waals surface area contributed by atoms with Gasteiger partial charge in [-0.05, 0) is 66.0 Å². The van der Waals surface area contributed by atoms with E-state index < -0.39 is 69.0 Å². The number of aromatic hydroxyl groups is 1. The molecule has 9 heteroatoms. The van der Waals surface area contributed by atoms with Gasteiger partial charge in [0.15, 0.2) is 35.0 Å². The molecule has 0 bridgehead atoms. The molecule has 0 aromatic heterocycles. The number of ketones is 5. The minimum absolute atomic E-state index is 0.0413. The van der Waals surface area contributed by atoms with Gasteiger partial charge in [-0.1, -0.05) is 39.8 Å². The molecule has 2 aromatic carbocycles. The summed E-state index contributed by atoms with van der Waals surface area (Å²) in [5.74, 6) is -9.06. The van der Waals surface area contributed by atoms with E-state index >= 15 is 0 Å². The summed E-state index contributed by atoms with van der Waals surface area (Å²) in [6, 6.07) is 7.91. The fourth-order valence-electron chi connectivity index (χ4n) is 8.40. The Morgan fingerprint density at radius 1 is 1.07 bits per heavy atom. The van der Waals surface area contributed by atoms with Crippen molar-refractivity contribution in [1.82, 2.24) is 0 Å². The predicted octanol–water partition coefficient (Wildman–Crippen LogP) is 3.58. The minimum atomic E-state index is -2.74. The summed E-state index contributed by atoms with van der Waals surface area (Å²) >= 11 is 0. The van der Waals surface area contributed by atoms with E-state index in [1.165, 1.54) is 20.1 Å². The van der Waals surface area contributed by atoms with Crippen LogP contribution in [-0.4, -0.2) is 58.1 Å². The van der Waals surface area contributed by atoms with Gasteiger partial charge in [-0.3, -0.25) is 28.8 Å². The fraction of sp³-hybridized carbons (Fsp3) is 0.455. The standard InChI is InChI=1S/C33H34O9/c1-15(2)25-27(37)23(16(3)35)29(39)33(41)30(40)26-28(38)24-20(12-31(26,4)14-32(25,33)5)19(8-9-21(24)36)17-7-10-22(42-6)18(11-17)13-34/h7-11,13,15,23,25-26,36,41H,12,14H2,1-6H3/t23?,25?,26?,31-,32-,33+/m1/s1. The van der Waals surface area contributed by atoms with Gasteiger partial charge in [0.25, 0.3) is 0 Å². The molecule has 2 N–H and O–H groups in total. The number of rotatable bonds is 5. The summed E-state index contributed by atoms with van der Waals surface area (Å²) in [4.78, 5) is 80.2. The monoisotopic (exact) mass is 574 g/mol. The first kappa shape index (κ1) is 29.5. The molecule has 0 aliphatic heterocycles. The van der Waals surface area contributed by atoms with Crippen LogP contribution in [0.3, 0.4) is 0 Å². The first-order valence-electron chi connectivity index (χ1n) is 14.0. The molecule has 42 heavy (non-hydrogen) atoms. The molecule has 0 spiro atoms. The predicted molar refractivity (Wildman–Crippen MR) is 150 cm³/mol. The lowest BCUT2D eigenvalue weighted by Gasteiger charge is -2.61. The number of fused-ring (bicyclic) bond motifs is 3. The topological polar surface area (TPSA) is 152 Å². The smallest absolute Gasteiger partial charge is 0.190 e. The summed E-state index contributed by atoms with van der Waals surface area (Å²) in [7, 11) is 1.44. The lowest BCUT2D eigenvalue weighted by Crippen LogP contribution is -2.76. The van der Waals surface area contributed by atoms with Crippen molar-refractivity contribution in [1.29, 1.82) is 0 Å². The van der Waals surface area contributed by atoms with Crippen molar-refractivity contribution in [2.45, 2.75) is 53.1 Å². The van der Waals surface area contributed by atoms with Gasteiger partial charge in [0.1, 0.15) is 23.2 Å². The number of aliphatic hydroxyl groups is 1. The molecule has 2 fully saturated rings. The number of carbonyl (C=O) groups is 6. The summed E-state index contributed by atoms with van der Waals surface area (Å²) in [5, 5.41) is 23.0. The number of phenols is 1. The van der Waals surface area contributed by atoms with Crippen LogP contribution in [0.4, 0.5) is 0 Å². The number of aldehydes is 1. The molecule has 0 heterocycles. The Morgan fingerprint density at radius 3 is 2.31 bits per heavy atom. The van der Waals surface area contributed by atoms with E-state index in [4.69, 9.17) is 4.74 Å². The third-order valence-corrected chi connectivity index (χ3v) is 9.93. The van der Waals surface area contributed by atoms with E-state index in [0.717, 1.165) is 6.92 Å². The summed E-state index contributed by atoms with van der Waals surface area (Å²) < 4.78 is 5.25. The van der Waals surface area contributed by atoms with Gasteiger partial charge in [-0.25, -0.2) is 0 Å². The number of hydrogen-bond donors (Lipinski definition) is 2. The van der Waals surface area contributed by atoms with Gasteiger partial charge >= 0.3 is 0 Å². The molecule has 0 saturated heterocycles. The Bertz CT molecular complexity index is 1600. The number of carbonyl (C=O) groups excluding carboxylic acids is 6. The molecule has 2 saturated carbocycles. The van der Waals surface area contributed by atoms with Crippen LogP contribution in [0, 0.1) is 34.5 Å². The van der Waals surface area contributed by atoms with Crippen molar-refractivity contribution in [2.24, 2.45) is 34.5 Å². The van der Waals surface area contributed by atoms with Crippen molar-refractivity contribution in [3.05, 3.63) is 47.0 Å². The maximum absolute atomic E-state index is 14.4. The quantitative estimate of drug-likeness (QED) is 0.403. The molecule has 2 aromatic rings. The number of Topliss-reactive ketones (excluding diaryl/α,β-unsaturated/α-hetero) is 5. The second kappa shape index (κ2) is 9.52. The summed E-state index contributed by atoms with van der Waals surface area (Å²) in [6.07, 6.45) is 0.711. The van der Waals surface area contributed by atoms with E-state index in [-0.39, 0.29) is 29.7 Å². The Labute approximate surface area is 243 Å². The van der Waals surface area contributed by atoms with Gasteiger partial charge in [-0.2, -0.15) is 0 Å². The molecule has 0 amide bonds. The van der Waals surface area contributed by atoms with E-state index in [1.807, 2.05) is 0 Å². The highest BCUT2D eigenvalue weighted by atomic mass is 16.5. The van der Waals surface area contributed by atoms with Crippen molar-refractivity contribution >= 4 is 35.2 Å². The number of hydrogen-bond acceptors (Lipinski definition) is 9. The van der Waals surface area contributed by atoms with Crippen LogP contribution < -0.4 is 4.74 Å². The van der Waals surface area contributed by atoms with E-state index in [1.54, 1.807) is 45.0 Å². The van der Waals surface area contributed by atoms with Gasteiger partial charge in [0, 0.05) is 11.3 Å². The van der Waals surface area contributed by atoms with Crippen LogP contribution in [0.1, 0.15) is 67.3 Å². The molecule has 3 aliphatic rings. The Balaban J connectivity index is 1.74. The van der Waals surface area contributed by atoms with Crippen LogP contribution in [0.2, 0.25) is 0 Å².